The van der Waals surface area contributed by atoms with Gasteiger partial charge in [0.05, 0.1) is 0 Å². The minimum atomic E-state index is 0.150. The van der Waals surface area contributed by atoms with Crippen LogP contribution in [-0.4, -0.2) is 50.1 Å². The molecular formula is C11H21N3O. The second-order valence-electron chi connectivity index (χ2n) is 4.74. The number of fused-ring (bicyclic) bond motifs is 1. The monoisotopic (exact) mass is 211 g/mol. The molecule has 2 fully saturated rings. The average Bonchev–Trinajstić information content (AvgIpc) is 2.79. The van der Waals surface area contributed by atoms with Gasteiger partial charge in [0, 0.05) is 32.6 Å². The maximum atomic E-state index is 11.2. The number of hydrogen-bond acceptors (Lipinski definition) is 3. The van der Waals surface area contributed by atoms with Crippen LogP contribution >= 0.6 is 0 Å². The molecular weight excluding hydrogens is 190 g/mol. The molecule has 0 bridgehead atoms. The average molecular weight is 211 g/mol. The molecule has 2 saturated heterocycles. The molecule has 4 heteroatoms. The Morgan fingerprint density at radius 1 is 1.53 bits per heavy atom. The number of hydrogen-bond donors (Lipinski definition) is 2. The fourth-order valence-electron chi connectivity index (χ4n) is 2.92. The van der Waals surface area contributed by atoms with Gasteiger partial charge < -0.3 is 10.6 Å². The quantitative estimate of drug-likeness (QED) is 0.671. The molecule has 3 atom stereocenters. The lowest BCUT2D eigenvalue weighted by molar-refractivity contribution is -0.120. The van der Waals surface area contributed by atoms with Gasteiger partial charge in [0.25, 0.3) is 0 Å². The Morgan fingerprint density at radius 2 is 2.33 bits per heavy atom. The van der Waals surface area contributed by atoms with Gasteiger partial charge >= 0.3 is 0 Å². The fraction of sp³-hybridized carbons (Fsp3) is 0.909. The van der Waals surface area contributed by atoms with Crippen LogP contribution in [0.4, 0.5) is 0 Å². The summed E-state index contributed by atoms with van der Waals surface area (Å²) in [6.45, 7) is 6.68. The minimum Gasteiger partial charge on any atom is -0.359 e. The fourth-order valence-corrected chi connectivity index (χ4v) is 2.92. The van der Waals surface area contributed by atoms with Crippen molar-refractivity contribution in [3.63, 3.8) is 0 Å². The van der Waals surface area contributed by atoms with Crippen molar-refractivity contribution < 1.29 is 4.79 Å². The van der Waals surface area contributed by atoms with Gasteiger partial charge in [-0.3, -0.25) is 9.69 Å². The van der Waals surface area contributed by atoms with Gasteiger partial charge in [-0.25, -0.2) is 0 Å². The van der Waals surface area contributed by atoms with Crippen molar-refractivity contribution in [1.82, 2.24) is 15.5 Å². The Balaban J connectivity index is 1.82. The van der Waals surface area contributed by atoms with Crippen molar-refractivity contribution in [2.75, 3.05) is 33.2 Å². The summed E-state index contributed by atoms with van der Waals surface area (Å²) in [7, 11) is 1.70. The molecule has 4 nitrogen and oxygen atoms in total. The molecule has 2 aliphatic rings. The molecule has 86 valence electrons. The van der Waals surface area contributed by atoms with Crippen molar-refractivity contribution in [2.45, 2.75) is 19.4 Å². The normalized spacial score (nSPS) is 35.5. The lowest BCUT2D eigenvalue weighted by Gasteiger charge is -2.23. The highest BCUT2D eigenvalue weighted by atomic mass is 16.1. The molecule has 0 aromatic heterocycles. The smallest absolute Gasteiger partial charge is 0.221 e. The van der Waals surface area contributed by atoms with Gasteiger partial charge in [0.2, 0.25) is 5.91 Å². The van der Waals surface area contributed by atoms with E-state index >= 15 is 0 Å². The Kier molecular flexibility index (Phi) is 3.26. The third kappa shape index (κ3) is 2.16. The molecule has 0 aromatic rings. The van der Waals surface area contributed by atoms with Crippen LogP contribution in [-0.2, 0) is 4.79 Å². The van der Waals surface area contributed by atoms with Crippen LogP contribution in [0.15, 0.2) is 0 Å². The van der Waals surface area contributed by atoms with E-state index in [0.29, 0.717) is 12.5 Å². The zero-order valence-corrected chi connectivity index (χ0v) is 9.62. The minimum absolute atomic E-state index is 0.150. The van der Waals surface area contributed by atoms with Crippen molar-refractivity contribution in [3.8, 4) is 0 Å². The molecule has 2 N–H and O–H groups in total. The zero-order chi connectivity index (χ0) is 10.8. The molecule has 0 aromatic carbocycles. The van der Waals surface area contributed by atoms with Crippen LogP contribution in [0.2, 0.25) is 0 Å². The first kappa shape index (κ1) is 10.9. The first-order chi connectivity index (χ1) is 7.22. The third-order valence-corrected chi connectivity index (χ3v) is 3.96. The van der Waals surface area contributed by atoms with E-state index in [2.05, 4.69) is 22.5 Å². The lowest BCUT2D eigenvalue weighted by Crippen LogP contribution is -2.35. The van der Waals surface area contributed by atoms with E-state index < -0.39 is 0 Å². The number of nitrogens with one attached hydrogen (secondary N) is 2. The number of carbonyl (C=O) groups excluding carboxylic acids is 1. The van der Waals surface area contributed by atoms with Gasteiger partial charge in [0.1, 0.15) is 0 Å². The van der Waals surface area contributed by atoms with Gasteiger partial charge in [0.15, 0.2) is 0 Å². The van der Waals surface area contributed by atoms with E-state index in [-0.39, 0.29) is 5.91 Å². The van der Waals surface area contributed by atoms with Gasteiger partial charge in [-0.05, 0) is 31.8 Å². The zero-order valence-electron chi connectivity index (χ0n) is 9.62. The number of carbonyl (C=O) groups is 1. The summed E-state index contributed by atoms with van der Waals surface area (Å²) in [6.07, 6.45) is 0.633. The van der Waals surface area contributed by atoms with Crippen LogP contribution in [0.25, 0.3) is 0 Å². The highest BCUT2D eigenvalue weighted by Gasteiger charge is 2.41. The molecule has 0 spiro atoms. The summed E-state index contributed by atoms with van der Waals surface area (Å²) < 4.78 is 0. The van der Waals surface area contributed by atoms with E-state index in [1.165, 1.54) is 0 Å². The van der Waals surface area contributed by atoms with Crippen LogP contribution in [0.1, 0.15) is 13.3 Å². The highest BCUT2D eigenvalue weighted by Crippen LogP contribution is 2.31. The van der Waals surface area contributed by atoms with Crippen molar-refractivity contribution in [2.24, 2.45) is 11.8 Å². The Bertz CT molecular complexity index is 244. The van der Waals surface area contributed by atoms with E-state index in [4.69, 9.17) is 0 Å². The molecule has 15 heavy (non-hydrogen) atoms. The van der Waals surface area contributed by atoms with E-state index in [9.17, 15) is 4.79 Å². The highest BCUT2D eigenvalue weighted by molar-refractivity contribution is 5.75. The van der Waals surface area contributed by atoms with Crippen LogP contribution in [0.5, 0.6) is 0 Å². The molecule has 1 amide bonds. The molecule has 3 unspecified atom stereocenters. The molecule has 0 radical (unpaired) electrons. The largest absolute Gasteiger partial charge is 0.359 e. The summed E-state index contributed by atoms with van der Waals surface area (Å²) in [5.74, 6) is 1.76. The molecule has 0 saturated carbocycles. The molecule has 0 aliphatic carbocycles. The summed E-state index contributed by atoms with van der Waals surface area (Å²) >= 11 is 0. The van der Waals surface area contributed by atoms with Crippen LogP contribution < -0.4 is 10.6 Å². The van der Waals surface area contributed by atoms with Crippen LogP contribution in [0, 0.1) is 11.8 Å². The van der Waals surface area contributed by atoms with E-state index in [1.54, 1.807) is 7.05 Å². The summed E-state index contributed by atoms with van der Waals surface area (Å²) in [4.78, 5) is 13.6. The summed E-state index contributed by atoms with van der Waals surface area (Å²) in [5, 5.41) is 6.12. The van der Waals surface area contributed by atoms with Gasteiger partial charge in [-0.1, -0.05) is 0 Å². The van der Waals surface area contributed by atoms with Gasteiger partial charge in [-0.2, -0.15) is 0 Å². The van der Waals surface area contributed by atoms with Crippen molar-refractivity contribution >= 4 is 5.91 Å². The maximum Gasteiger partial charge on any atom is 0.221 e. The molecule has 2 aliphatic heterocycles. The number of rotatable bonds is 3. The first-order valence-corrected chi connectivity index (χ1v) is 5.87. The summed E-state index contributed by atoms with van der Waals surface area (Å²) in [6, 6.07) is 0.634. The summed E-state index contributed by atoms with van der Waals surface area (Å²) in [5.41, 5.74) is 0. The Morgan fingerprint density at radius 3 is 3.00 bits per heavy atom. The second kappa shape index (κ2) is 4.49. The Labute approximate surface area is 91.4 Å². The first-order valence-electron chi connectivity index (χ1n) is 5.87. The maximum absolute atomic E-state index is 11.2. The van der Waals surface area contributed by atoms with Crippen molar-refractivity contribution in [3.05, 3.63) is 0 Å². The number of likely N-dealkylation sites (tertiary alicyclic amines) is 1. The topological polar surface area (TPSA) is 44.4 Å². The SMILES string of the molecule is CNC(=O)CCN1CC2CNCC2C1C. The number of amides is 1. The lowest BCUT2D eigenvalue weighted by atomic mass is 9.95. The van der Waals surface area contributed by atoms with Crippen molar-refractivity contribution in [1.29, 1.82) is 0 Å². The predicted octanol–water partition coefficient (Wildman–Crippen LogP) is -0.338. The number of nitrogens with zero attached hydrogens (tertiary/aromatic N) is 1. The second-order valence-corrected chi connectivity index (χ2v) is 4.74. The molecule has 2 rings (SSSR count). The Hall–Kier alpha value is -0.610. The van der Waals surface area contributed by atoms with E-state index in [0.717, 1.165) is 38.0 Å². The third-order valence-electron chi connectivity index (χ3n) is 3.96. The van der Waals surface area contributed by atoms with E-state index in [1.807, 2.05) is 0 Å². The van der Waals surface area contributed by atoms with Crippen LogP contribution in [0.3, 0.4) is 0 Å². The molecule has 2 heterocycles. The van der Waals surface area contributed by atoms with Gasteiger partial charge in [-0.15, -0.1) is 0 Å². The predicted molar refractivity (Wildman–Crippen MR) is 59.6 cm³/mol. The standard InChI is InChI=1S/C11H21N3O/c1-8-10-6-13-5-9(10)7-14(8)4-3-11(15)12-2/h8-10,13H,3-7H2,1-2H3,(H,12,15).